The molecule has 2 unspecified atom stereocenters. The van der Waals surface area contributed by atoms with Crippen LogP contribution in [-0.2, 0) is 31.9 Å². The van der Waals surface area contributed by atoms with Crippen molar-refractivity contribution in [1.82, 2.24) is 0 Å². The van der Waals surface area contributed by atoms with Crippen molar-refractivity contribution in [2.24, 2.45) is 11.8 Å². The van der Waals surface area contributed by atoms with Gasteiger partial charge in [-0.25, -0.2) is 0 Å². The zero-order chi connectivity index (χ0) is 63.8. The maximum Gasteiger partial charge on any atom is 0.313 e. The van der Waals surface area contributed by atoms with E-state index in [1.54, 1.807) is 0 Å². The van der Waals surface area contributed by atoms with Gasteiger partial charge < -0.3 is 37.5 Å². The number of allylic oxidation sites excluding steroid dienone is 1. The molecule has 0 aromatic heterocycles. The molecule has 2 atom stereocenters. The largest absolute Gasteiger partial charge is 0.466 e. The molecule has 3 aliphatic rings. The molecule has 3 N–H and O–H groups in total. The van der Waals surface area contributed by atoms with Crippen molar-refractivity contribution in [1.29, 1.82) is 15.5 Å². The predicted molar refractivity (Wildman–Crippen MR) is 379 cm³/mol. The van der Waals surface area contributed by atoms with Gasteiger partial charge in [-0.2, -0.15) is 0 Å². The number of esters is 2. The van der Waals surface area contributed by atoms with Gasteiger partial charge in [0, 0.05) is 89.3 Å². The van der Waals surface area contributed by atoms with Crippen molar-refractivity contribution in [2.45, 2.75) is 53.9 Å². The molecule has 3 saturated heterocycles. The molecule has 3 heterocycles. The molecule has 0 spiro atoms. The maximum absolute atomic E-state index is 13.3. The lowest BCUT2D eigenvalue weighted by atomic mass is 9.98. The minimum absolute atomic E-state index is 0.296. The van der Waals surface area contributed by atoms with E-state index >= 15 is 0 Å². The Hall–Kier alpha value is -8.59. The molecule has 8 aromatic carbocycles. The SMILES string of the molecule is C=C(C(Cc1ccc(C)cc1)C(=O)OCC)P1(=N)N(c2ccccc2)CCN1c1ccccc1.C=C(C(Cc1ccc(C)cc1)C(=O)OCC)P1(=N)N(c2ccccc2)CCN1c1ccccc1.C=C(CC)P1(=N)N(c2ccccc2)CCN1c1ccccc1. The molecule has 90 heavy (non-hydrogen) atoms. The van der Waals surface area contributed by atoms with Gasteiger partial charge in [-0.3, -0.25) is 25.1 Å². The van der Waals surface area contributed by atoms with E-state index in [2.05, 4.69) is 78.9 Å². The van der Waals surface area contributed by atoms with E-state index < -0.39 is 33.9 Å². The third-order valence-electron chi connectivity index (χ3n) is 16.7. The fraction of sp³-hybridized carbons (Fsp3) is 0.243. The van der Waals surface area contributed by atoms with Crippen LogP contribution in [0.5, 0.6) is 0 Å². The second-order valence-corrected chi connectivity index (χ2v) is 30.7. The molecule has 13 nitrogen and oxygen atoms in total. The summed E-state index contributed by atoms with van der Waals surface area (Å²) in [5, 5.41) is 31.6. The van der Waals surface area contributed by atoms with Crippen molar-refractivity contribution >= 4 is 68.1 Å². The van der Waals surface area contributed by atoms with E-state index in [0.717, 1.165) is 70.1 Å². The fourth-order valence-corrected chi connectivity index (χ4v) is 21.4. The Morgan fingerprint density at radius 2 is 0.600 bits per heavy atom. The Bertz CT molecular complexity index is 3500. The topological polar surface area (TPSA) is 144 Å². The van der Waals surface area contributed by atoms with Crippen molar-refractivity contribution < 1.29 is 19.1 Å². The maximum atomic E-state index is 13.3. The van der Waals surface area contributed by atoms with Gasteiger partial charge in [0.15, 0.2) is 22.1 Å². The average Bonchev–Trinajstić information content (AvgIpc) is 1.56. The smallest absolute Gasteiger partial charge is 0.313 e. The van der Waals surface area contributed by atoms with Crippen LogP contribution in [0.4, 0.5) is 34.1 Å². The van der Waals surface area contributed by atoms with Crippen LogP contribution in [0.3, 0.4) is 0 Å². The van der Waals surface area contributed by atoms with E-state index in [1.807, 2.05) is 234 Å². The number of hydrogen-bond acceptors (Lipinski definition) is 7. The Morgan fingerprint density at radius 3 is 0.811 bits per heavy atom. The number of benzene rings is 8. The van der Waals surface area contributed by atoms with Crippen LogP contribution in [0.2, 0.25) is 0 Å². The first kappa shape index (κ1) is 65.8. The number of carbonyl (C=O) groups excluding carboxylic acids is 2. The number of carbonyl (C=O) groups is 2. The molecule has 0 radical (unpaired) electrons. The predicted octanol–water partition coefficient (Wildman–Crippen LogP) is 19.3. The number of nitrogens with zero attached hydrogens (tertiary/aromatic N) is 6. The fourth-order valence-electron chi connectivity index (χ4n) is 11.9. The molecular weight excluding hydrogens is 1170 g/mol. The first-order valence-electron chi connectivity index (χ1n) is 31.0. The first-order valence-corrected chi connectivity index (χ1v) is 36.1. The third kappa shape index (κ3) is 14.4. The number of aryl methyl sites for hydroxylation is 2. The molecular formula is C74H86N9O4P3. The normalized spacial score (nSPS) is 16.0. The van der Waals surface area contributed by atoms with E-state index in [0.29, 0.717) is 62.9 Å². The molecule has 0 bridgehead atoms. The number of para-hydroxylation sites is 6. The highest BCUT2D eigenvalue weighted by atomic mass is 31.2. The average molecular weight is 1260 g/mol. The summed E-state index contributed by atoms with van der Waals surface area (Å²) in [4.78, 5) is 26.5. The lowest BCUT2D eigenvalue weighted by Crippen LogP contribution is -2.28. The first-order chi connectivity index (χ1) is 43.6. The van der Waals surface area contributed by atoms with E-state index in [9.17, 15) is 25.1 Å². The number of nitrogens with one attached hydrogen (secondary N) is 3. The molecule has 0 aliphatic carbocycles. The molecule has 11 rings (SSSR count). The minimum atomic E-state index is -2.93. The summed E-state index contributed by atoms with van der Waals surface area (Å²) in [6, 6.07) is 77.1. The van der Waals surface area contributed by atoms with Gasteiger partial charge >= 0.3 is 11.9 Å². The number of hydrogen-bond donors (Lipinski definition) is 3. The second kappa shape index (κ2) is 30.3. The molecule has 0 saturated carbocycles. The molecule has 3 aliphatic heterocycles. The van der Waals surface area contributed by atoms with Gasteiger partial charge in [-0.05, 0) is 131 Å². The zero-order valence-electron chi connectivity index (χ0n) is 52.7. The summed E-state index contributed by atoms with van der Waals surface area (Å²) in [5.41, 5.74) is 10.6. The molecule has 16 heteroatoms. The Balaban J connectivity index is 0.000000164. The van der Waals surface area contributed by atoms with Crippen molar-refractivity contribution in [3.8, 4) is 0 Å². The Labute approximate surface area is 534 Å². The highest BCUT2D eigenvalue weighted by Crippen LogP contribution is 2.70. The summed E-state index contributed by atoms with van der Waals surface area (Å²) in [5.74, 6) is -1.84. The summed E-state index contributed by atoms with van der Waals surface area (Å²) in [6.07, 6.45) is 1.76. The van der Waals surface area contributed by atoms with E-state index in [1.165, 1.54) is 11.1 Å². The summed E-state index contributed by atoms with van der Waals surface area (Å²) in [7, 11) is -8.22. The van der Waals surface area contributed by atoms with Crippen LogP contribution >= 0.6 is 22.1 Å². The van der Waals surface area contributed by atoms with Crippen molar-refractivity contribution in [3.05, 3.63) is 288 Å². The van der Waals surface area contributed by atoms with Crippen LogP contribution in [0.1, 0.15) is 49.4 Å². The summed E-state index contributed by atoms with van der Waals surface area (Å²) < 4.78 is 24.1. The van der Waals surface area contributed by atoms with Crippen LogP contribution in [0, 0.1) is 41.2 Å². The lowest BCUT2D eigenvalue weighted by Gasteiger charge is -2.39. The van der Waals surface area contributed by atoms with Gasteiger partial charge in [0.05, 0.1) is 25.0 Å². The zero-order valence-corrected chi connectivity index (χ0v) is 55.3. The molecule has 466 valence electrons. The number of ether oxygens (including phenoxy) is 2. The Morgan fingerprint density at radius 1 is 0.378 bits per heavy atom. The van der Waals surface area contributed by atoms with Gasteiger partial charge in [0.2, 0.25) is 0 Å². The van der Waals surface area contributed by atoms with E-state index in [4.69, 9.17) is 9.47 Å². The monoisotopic (exact) mass is 1260 g/mol. The highest BCUT2D eigenvalue weighted by Gasteiger charge is 2.48. The minimum Gasteiger partial charge on any atom is -0.466 e. The number of anilines is 6. The second-order valence-electron chi connectivity index (χ2n) is 22.4. The van der Waals surface area contributed by atoms with Crippen LogP contribution in [0.25, 0.3) is 0 Å². The van der Waals surface area contributed by atoms with Crippen LogP contribution in [-0.4, -0.2) is 64.4 Å². The van der Waals surface area contributed by atoms with Crippen molar-refractivity contribution in [3.63, 3.8) is 0 Å². The van der Waals surface area contributed by atoms with Crippen LogP contribution < -0.4 is 28.0 Å². The summed E-state index contributed by atoms with van der Waals surface area (Å²) >= 11 is 0. The standard InChI is InChI=1S/2C28H32N3O2P.C18H22N3P/c2*1-4-33-28(32)27(21-24-17-15-22(2)16-18-24)23(3)34(29)30(25-11-7-5-8-12-25)19-20-31(34)26-13-9-6-10-14-26;1-3-16(2)22(19)20(17-10-6-4-7-11-17)14-15-21(22)18-12-8-5-9-13-18/h2*5-18,27,29H,3-4,19-21H2,1-2H3;4-13,19H,2-3,14-15H2,1H3. The highest BCUT2D eigenvalue weighted by molar-refractivity contribution is 7.73. The van der Waals surface area contributed by atoms with Gasteiger partial charge in [-0.1, -0.05) is 196 Å². The lowest BCUT2D eigenvalue weighted by molar-refractivity contribution is -0.147. The van der Waals surface area contributed by atoms with Crippen molar-refractivity contribution in [2.75, 3.05) is 80.5 Å². The molecule has 8 aromatic rings. The number of rotatable bonds is 20. The van der Waals surface area contributed by atoms with Crippen LogP contribution in [0.15, 0.2) is 266 Å². The third-order valence-corrected chi connectivity index (χ3v) is 26.9. The summed E-state index contributed by atoms with van der Waals surface area (Å²) in [6.45, 7) is 28.1. The van der Waals surface area contributed by atoms with Gasteiger partial charge in [0.1, 0.15) is 0 Å². The molecule has 3 fully saturated rings. The van der Waals surface area contributed by atoms with Gasteiger partial charge in [-0.15, -0.1) is 0 Å². The van der Waals surface area contributed by atoms with E-state index in [-0.39, 0.29) is 11.9 Å². The molecule has 0 amide bonds. The van der Waals surface area contributed by atoms with Gasteiger partial charge in [0.25, 0.3) is 0 Å². The quantitative estimate of drug-likeness (QED) is 0.0498. The Kier molecular flexibility index (Phi) is 22.2.